The summed E-state index contributed by atoms with van der Waals surface area (Å²) in [6, 6.07) is 8.39. The molecule has 0 aliphatic rings. The summed E-state index contributed by atoms with van der Waals surface area (Å²) in [4.78, 5) is 11.5. The molecule has 0 radical (unpaired) electrons. The fourth-order valence-corrected chi connectivity index (χ4v) is 1.98. The van der Waals surface area contributed by atoms with E-state index in [2.05, 4.69) is 0 Å². The van der Waals surface area contributed by atoms with Crippen molar-refractivity contribution in [2.75, 3.05) is 0 Å². The molecule has 0 fully saturated rings. The number of nitriles is 1. The lowest BCUT2D eigenvalue weighted by Gasteiger charge is -2.32. The number of hydrogen-bond acceptors (Lipinski definition) is 3. The molecule has 4 heteroatoms. The van der Waals surface area contributed by atoms with Crippen molar-refractivity contribution in [2.24, 2.45) is 11.1 Å². The maximum atomic E-state index is 11.5. The van der Waals surface area contributed by atoms with Crippen LogP contribution in [-0.2, 0) is 10.3 Å². The number of aliphatic carboxylic acids is 1. The summed E-state index contributed by atoms with van der Waals surface area (Å²) in [6.45, 7) is 5.84. The van der Waals surface area contributed by atoms with E-state index in [1.165, 1.54) is 0 Å². The Labute approximate surface area is 107 Å². The van der Waals surface area contributed by atoms with Crippen molar-refractivity contribution in [3.63, 3.8) is 0 Å². The van der Waals surface area contributed by atoms with Crippen molar-refractivity contribution < 1.29 is 9.90 Å². The first-order valence-electron chi connectivity index (χ1n) is 5.72. The normalized spacial score (nSPS) is 14.6. The molecule has 0 unspecified atom stereocenters. The van der Waals surface area contributed by atoms with Gasteiger partial charge in [0.05, 0.1) is 11.6 Å². The van der Waals surface area contributed by atoms with Crippen LogP contribution in [0.2, 0.25) is 0 Å². The SMILES string of the molecule is CC(C)(C)C[C@](N)(C(=O)O)c1ccc(C#N)cc1. The van der Waals surface area contributed by atoms with Crippen LogP contribution in [0.25, 0.3) is 0 Å². The van der Waals surface area contributed by atoms with Gasteiger partial charge in [0.15, 0.2) is 0 Å². The molecule has 0 amide bonds. The third kappa shape index (κ3) is 3.08. The number of benzene rings is 1. The van der Waals surface area contributed by atoms with Crippen molar-refractivity contribution in [3.05, 3.63) is 35.4 Å². The van der Waals surface area contributed by atoms with Gasteiger partial charge >= 0.3 is 5.97 Å². The van der Waals surface area contributed by atoms with Gasteiger partial charge in [0.1, 0.15) is 5.54 Å². The molecule has 0 aliphatic heterocycles. The van der Waals surface area contributed by atoms with Crippen LogP contribution in [0.4, 0.5) is 0 Å². The van der Waals surface area contributed by atoms with E-state index in [-0.39, 0.29) is 5.41 Å². The Morgan fingerprint density at radius 2 is 1.83 bits per heavy atom. The highest BCUT2D eigenvalue weighted by molar-refractivity contribution is 5.80. The van der Waals surface area contributed by atoms with Gasteiger partial charge in [0.25, 0.3) is 0 Å². The molecule has 18 heavy (non-hydrogen) atoms. The summed E-state index contributed by atoms with van der Waals surface area (Å²) in [5.41, 5.74) is 5.43. The van der Waals surface area contributed by atoms with Crippen LogP contribution in [0.15, 0.2) is 24.3 Å². The van der Waals surface area contributed by atoms with Gasteiger partial charge < -0.3 is 10.8 Å². The summed E-state index contributed by atoms with van der Waals surface area (Å²) in [7, 11) is 0. The highest BCUT2D eigenvalue weighted by Gasteiger charge is 2.39. The Bertz CT molecular complexity index is 480. The van der Waals surface area contributed by atoms with E-state index < -0.39 is 11.5 Å². The van der Waals surface area contributed by atoms with Gasteiger partial charge in [-0.25, -0.2) is 4.79 Å². The van der Waals surface area contributed by atoms with E-state index in [4.69, 9.17) is 11.0 Å². The second-order valence-electron chi connectivity index (χ2n) is 5.70. The Hall–Kier alpha value is -1.86. The van der Waals surface area contributed by atoms with E-state index in [1.807, 2.05) is 26.8 Å². The zero-order chi connectivity index (χ0) is 14.0. The minimum Gasteiger partial charge on any atom is -0.480 e. The Morgan fingerprint density at radius 1 is 1.33 bits per heavy atom. The van der Waals surface area contributed by atoms with E-state index in [1.54, 1.807) is 24.3 Å². The Morgan fingerprint density at radius 3 is 2.17 bits per heavy atom. The maximum Gasteiger partial charge on any atom is 0.328 e. The van der Waals surface area contributed by atoms with Crippen LogP contribution in [0, 0.1) is 16.7 Å². The molecular formula is C14H18N2O2. The van der Waals surface area contributed by atoms with E-state index >= 15 is 0 Å². The van der Waals surface area contributed by atoms with Crippen LogP contribution in [0.3, 0.4) is 0 Å². The first-order valence-corrected chi connectivity index (χ1v) is 5.72. The third-order valence-electron chi connectivity index (χ3n) is 2.72. The minimum absolute atomic E-state index is 0.207. The lowest BCUT2D eigenvalue weighted by Crippen LogP contribution is -2.47. The van der Waals surface area contributed by atoms with Gasteiger partial charge in [-0.05, 0) is 29.5 Å². The van der Waals surface area contributed by atoms with Gasteiger partial charge in [0.2, 0.25) is 0 Å². The Kier molecular flexibility index (Phi) is 3.78. The molecule has 1 rings (SSSR count). The molecule has 0 aromatic heterocycles. The highest BCUT2D eigenvalue weighted by Crippen LogP contribution is 2.33. The van der Waals surface area contributed by atoms with Crippen molar-refractivity contribution in [2.45, 2.75) is 32.7 Å². The van der Waals surface area contributed by atoms with Crippen molar-refractivity contribution in [3.8, 4) is 6.07 Å². The van der Waals surface area contributed by atoms with Gasteiger partial charge in [-0.1, -0.05) is 32.9 Å². The fourth-order valence-electron chi connectivity index (χ4n) is 1.98. The fraction of sp³-hybridized carbons (Fsp3) is 0.429. The smallest absolute Gasteiger partial charge is 0.328 e. The zero-order valence-corrected chi connectivity index (χ0v) is 10.9. The van der Waals surface area contributed by atoms with Crippen molar-refractivity contribution >= 4 is 5.97 Å². The molecule has 0 bridgehead atoms. The largest absolute Gasteiger partial charge is 0.480 e. The summed E-state index contributed by atoms with van der Waals surface area (Å²) >= 11 is 0. The van der Waals surface area contributed by atoms with Crippen LogP contribution in [0.1, 0.15) is 38.3 Å². The molecular weight excluding hydrogens is 228 g/mol. The summed E-state index contributed by atoms with van der Waals surface area (Å²) in [5, 5.41) is 18.1. The standard InChI is InChI=1S/C14H18N2O2/c1-13(2,3)9-14(16,12(17)18)11-6-4-10(8-15)5-7-11/h4-7H,9,16H2,1-3H3,(H,17,18)/t14-/m1/s1. The molecule has 0 saturated carbocycles. The molecule has 4 nitrogen and oxygen atoms in total. The second kappa shape index (κ2) is 4.79. The number of rotatable bonds is 3. The van der Waals surface area contributed by atoms with Crippen LogP contribution in [0.5, 0.6) is 0 Å². The molecule has 1 aromatic rings. The monoisotopic (exact) mass is 246 g/mol. The van der Waals surface area contributed by atoms with Crippen molar-refractivity contribution in [1.29, 1.82) is 5.26 Å². The molecule has 0 aliphatic carbocycles. The van der Waals surface area contributed by atoms with Crippen LogP contribution < -0.4 is 5.73 Å². The van der Waals surface area contributed by atoms with Gasteiger partial charge in [-0.2, -0.15) is 5.26 Å². The first-order chi connectivity index (χ1) is 8.19. The topological polar surface area (TPSA) is 87.1 Å². The van der Waals surface area contributed by atoms with E-state index in [0.29, 0.717) is 17.5 Å². The quantitative estimate of drug-likeness (QED) is 0.856. The minimum atomic E-state index is -1.42. The Balaban J connectivity index is 3.19. The van der Waals surface area contributed by atoms with Gasteiger partial charge in [0, 0.05) is 0 Å². The predicted molar refractivity (Wildman–Crippen MR) is 68.7 cm³/mol. The molecule has 1 atom stereocenters. The number of nitrogens with two attached hydrogens (primary N) is 1. The maximum absolute atomic E-state index is 11.5. The van der Waals surface area contributed by atoms with Gasteiger partial charge in [-0.15, -0.1) is 0 Å². The summed E-state index contributed by atoms with van der Waals surface area (Å²) in [5.74, 6) is -1.05. The molecule has 0 saturated heterocycles. The number of nitrogens with zero attached hydrogens (tertiary/aromatic N) is 1. The lowest BCUT2D eigenvalue weighted by molar-refractivity contribution is -0.145. The van der Waals surface area contributed by atoms with E-state index in [0.717, 1.165) is 0 Å². The third-order valence-corrected chi connectivity index (χ3v) is 2.72. The number of carbonyl (C=O) groups is 1. The summed E-state index contributed by atoms with van der Waals surface area (Å²) in [6.07, 6.45) is 0.321. The van der Waals surface area contributed by atoms with Gasteiger partial charge in [-0.3, -0.25) is 0 Å². The predicted octanol–water partition coefficient (Wildman–Crippen LogP) is 2.23. The molecule has 0 heterocycles. The number of carboxylic acids is 1. The molecule has 3 N–H and O–H groups in total. The van der Waals surface area contributed by atoms with Crippen LogP contribution in [-0.4, -0.2) is 11.1 Å². The highest BCUT2D eigenvalue weighted by atomic mass is 16.4. The van der Waals surface area contributed by atoms with Crippen molar-refractivity contribution in [1.82, 2.24) is 0 Å². The average molecular weight is 246 g/mol. The molecule has 1 aromatic carbocycles. The lowest BCUT2D eigenvalue weighted by atomic mass is 9.76. The average Bonchev–Trinajstić information content (AvgIpc) is 2.26. The number of carboxylic acid groups (broad SMARTS) is 1. The summed E-state index contributed by atoms with van der Waals surface area (Å²) < 4.78 is 0. The second-order valence-corrected chi connectivity index (χ2v) is 5.70. The van der Waals surface area contributed by atoms with E-state index in [9.17, 15) is 9.90 Å². The first kappa shape index (κ1) is 14.2. The molecule has 0 spiro atoms. The zero-order valence-electron chi connectivity index (χ0n) is 10.9. The molecule has 96 valence electrons. The number of hydrogen-bond donors (Lipinski definition) is 2. The van der Waals surface area contributed by atoms with Crippen LogP contribution >= 0.6 is 0 Å².